The number of H-pyrrole nitrogens is 1. The lowest BCUT2D eigenvalue weighted by Gasteiger charge is -1.99. The number of hydrogen-bond acceptors (Lipinski definition) is 4. The van der Waals surface area contributed by atoms with Gasteiger partial charge in [0.15, 0.2) is 11.1 Å². The second kappa shape index (κ2) is 14.7. The standard InChI is InChI=1S/C8H11ClO2S.C7H9N3.C4H5N/c1-3-8(9)5-4-7(2)6-12(10)11;1-5(8)6-3-2-4-10-7(6)9;1-2-4-5-3-1/h3-5H,1,6H2,2H3,(H,10,11);2-4,8H,1H3,(H2,9,10);1-5H/b7-4+,8-5+;;. The smallest absolute Gasteiger partial charge is 0.156 e. The lowest BCUT2D eigenvalue weighted by atomic mass is 10.2. The summed E-state index contributed by atoms with van der Waals surface area (Å²) in [5, 5.41) is 7.77. The second-order valence-corrected chi connectivity index (χ2v) is 6.55. The van der Waals surface area contributed by atoms with Gasteiger partial charge in [0, 0.05) is 34.9 Å². The average molecular weight is 409 g/mol. The molecule has 0 saturated heterocycles. The van der Waals surface area contributed by atoms with E-state index < -0.39 is 11.1 Å². The third kappa shape index (κ3) is 13.4. The molecule has 0 amide bonds. The number of halogens is 1. The molecule has 1 unspecified atom stereocenters. The van der Waals surface area contributed by atoms with Crippen LogP contribution in [0.2, 0.25) is 0 Å². The molecule has 0 aliphatic carbocycles. The van der Waals surface area contributed by atoms with E-state index in [0.29, 0.717) is 22.1 Å². The van der Waals surface area contributed by atoms with Gasteiger partial charge in [-0.15, -0.1) is 0 Å². The number of allylic oxidation sites excluding steroid dienone is 4. The van der Waals surface area contributed by atoms with Crippen LogP contribution in [0, 0.1) is 5.41 Å². The molecule has 146 valence electrons. The molecule has 0 aliphatic rings. The number of hydrogen-bond donors (Lipinski definition) is 4. The van der Waals surface area contributed by atoms with E-state index in [1.165, 1.54) is 6.08 Å². The van der Waals surface area contributed by atoms with Crippen molar-refractivity contribution in [2.24, 2.45) is 0 Å². The van der Waals surface area contributed by atoms with Crippen molar-refractivity contribution in [2.45, 2.75) is 13.8 Å². The first-order valence-electron chi connectivity index (χ1n) is 7.84. The zero-order chi connectivity index (χ0) is 20.7. The maximum Gasteiger partial charge on any atom is 0.156 e. The highest BCUT2D eigenvalue weighted by Gasteiger charge is 1.98. The van der Waals surface area contributed by atoms with Crippen LogP contribution in [-0.4, -0.2) is 30.2 Å². The summed E-state index contributed by atoms with van der Waals surface area (Å²) in [6.45, 7) is 6.91. The van der Waals surface area contributed by atoms with Crippen molar-refractivity contribution in [3.8, 4) is 0 Å². The third-order valence-corrected chi connectivity index (χ3v) is 3.79. The Balaban J connectivity index is 0.000000403. The molecule has 6 nitrogen and oxygen atoms in total. The first-order chi connectivity index (χ1) is 12.8. The Morgan fingerprint density at radius 2 is 2.00 bits per heavy atom. The van der Waals surface area contributed by atoms with Crippen molar-refractivity contribution in [2.75, 3.05) is 11.5 Å². The van der Waals surface area contributed by atoms with Crippen molar-refractivity contribution in [3.05, 3.63) is 83.8 Å². The molecule has 0 radical (unpaired) electrons. The summed E-state index contributed by atoms with van der Waals surface area (Å²) in [6, 6.07) is 7.44. The predicted molar refractivity (Wildman–Crippen MR) is 115 cm³/mol. The highest BCUT2D eigenvalue weighted by molar-refractivity contribution is 7.79. The number of nitrogens with one attached hydrogen (secondary N) is 2. The Labute approximate surface area is 167 Å². The molecule has 0 aliphatic heterocycles. The molecule has 0 bridgehead atoms. The molecule has 5 N–H and O–H groups in total. The number of aromatic nitrogens is 2. The fourth-order valence-electron chi connectivity index (χ4n) is 1.55. The Morgan fingerprint density at radius 3 is 2.37 bits per heavy atom. The molecule has 27 heavy (non-hydrogen) atoms. The van der Waals surface area contributed by atoms with Crippen LogP contribution in [0.1, 0.15) is 19.4 Å². The molecule has 2 heterocycles. The fourth-order valence-corrected chi connectivity index (χ4v) is 2.09. The van der Waals surface area contributed by atoms with E-state index in [9.17, 15) is 4.21 Å². The van der Waals surface area contributed by atoms with E-state index in [0.717, 1.165) is 5.57 Å². The molecule has 2 aromatic rings. The maximum absolute atomic E-state index is 10.3. The lowest BCUT2D eigenvalue weighted by Crippen LogP contribution is -2.00. The van der Waals surface area contributed by atoms with Gasteiger partial charge in [0.05, 0.1) is 5.75 Å². The van der Waals surface area contributed by atoms with E-state index in [-0.39, 0.29) is 5.75 Å². The van der Waals surface area contributed by atoms with Gasteiger partial charge in [-0.2, -0.15) is 0 Å². The first-order valence-corrected chi connectivity index (χ1v) is 9.50. The Bertz CT molecular complexity index is 770. The number of nitrogens with zero attached hydrogens (tertiary/aromatic N) is 1. The van der Waals surface area contributed by atoms with Crippen LogP contribution in [-0.2, 0) is 11.1 Å². The van der Waals surface area contributed by atoms with E-state index in [1.807, 2.05) is 24.5 Å². The van der Waals surface area contributed by atoms with Gasteiger partial charge < -0.3 is 20.7 Å². The van der Waals surface area contributed by atoms with E-state index >= 15 is 0 Å². The molecular weight excluding hydrogens is 384 g/mol. The Hall–Kier alpha value is -2.48. The van der Waals surface area contributed by atoms with Crippen LogP contribution in [0.25, 0.3) is 0 Å². The highest BCUT2D eigenvalue weighted by Crippen LogP contribution is 2.06. The summed E-state index contributed by atoms with van der Waals surface area (Å²) >= 11 is 3.83. The molecule has 0 spiro atoms. The Morgan fingerprint density at radius 1 is 1.37 bits per heavy atom. The van der Waals surface area contributed by atoms with E-state index in [2.05, 4.69) is 16.5 Å². The summed E-state index contributed by atoms with van der Waals surface area (Å²) in [7, 11) is 0. The van der Waals surface area contributed by atoms with Crippen LogP contribution in [0.5, 0.6) is 0 Å². The van der Waals surface area contributed by atoms with Crippen LogP contribution >= 0.6 is 11.6 Å². The SMILES string of the molecule is C=C/C(Cl)=C\C=C(/C)CS(=O)O.CC(=N)c1cccnc1N.c1cc[nH]c1. The minimum atomic E-state index is -1.78. The molecule has 8 heteroatoms. The Kier molecular flexibility index (Phi) is 13.3. The third-order valence-electron chi connectivity index (χ3n) is 2.81. The van der Waals surface area contributed by atoms with E-state index in [4.69, 9.17) is 27.3 Å². The van der Waals surface area contributed by atoms with Crippen molar-refractivity contribution >= 4 is 34.2 Å². The average Bonchev–Trinajstić information content (AvgIpc) is 3.19. The van der Waals surface area contributed by atoms with Crippen molar-refractivity contribution in [1.82, 2.24) is 9.97 Å². The number of nitrogens with two attached hydrogens (primary N) is 1. The van der Waals surface area contributed by atoms with Gasteiger partial charge >= 0.3 is 0 Å². The molecule has 2 rings (SSSR count). The van der Waals surface area contributed by atoms with Crippen molar-refractivity contribution in [3.63, 3.8) is 0 Å². The zero-order valence-corrected chi connectivity index (χ0v) is 16.9. The number of pyridine rings is 1. The summed E-state index contributed by atoms with van der Waals surface area (Å²) in [4.78, 5) is 6.70. The van der Waals surface area contributed by atoms with Gasteiger partial charge in [0.25, 0.3) is 0 Å². The van der Waals surface area contributed by atoms with Gasteiger partial charge in [-0.25, -0.2) is 9.19 Å². The van der Waals surface area contributed by atoms with Crippen LogP contribution < -0.4 is 5.73 Å². The fraction of sp³-hybridized carbons (Fsp3) is 0.158. The van der Waals surface area contributed by atoms with Gasteiger partial charge in [0.2, 0.25) is 0 Å². The summed E-state index contributed by atoms with van der Waals surface area (Å²) in [6.07, 6.45) is 10.2. The minimum Gasteiger partial charge on any atom is -0.383 e. The van der Waals surface area contributed by atoms with Crippen molar-refractivity contribution in [1.29, 1.82) is 5.41 Å². The molecule has 0 saturated carbocycles. The number of anilines is 1. The second-order valence-electron chi connectivity index (χ2n) is 5.18. The molecule has 0 aromatic carbocycles. The van der Waals surface area contributed by atoms with Crippen LogP contribution in [0.3, 0.4) is 0 Å². The lowest BCUT2D eigenvalue weighted by molar-refractivity contribution is 0.566. The molecule has 0 fully saturated rings. The summed E-state index contributed by atoms with van der Waals surface area (Å²) < 4.78 is 18.8. The number of aromatic amines is 1. The first kappa shape index (κ1) is 24.5. The largest absolute Gasteiger partial charge is 0.383 e. The summed E-state index contributed by atoms with van der Waals surface area (Å²) in [5.41, 5.74) is 7.43. The molecular formula is C19H25ClN4O2S. The van der Waals surface area contributed by atoms with Gasteiger partial charge in [-0.3, -0.25) is 0 Å². The number of nitrogen functional groups attached to an aromatic ring is 1. The van der Waals surface area contributed by atoms with Gasteiger partial charge in [-0.1, -0.05) is 35.9 Å². The monoisotopic (exact) mass is 408 g/mol. The minimum absolute atomic E-state index is 0.151. The van der Waals surface area contributed by atoms with Gasteiger partial charge in [0.1, 0.15) is 5.82 Å². The maximum atomic E-state index is 10.3. The van der Waals surface area contributed by atoms with Crippen molar-refractivity contribution < 1.29 is 8.76 Å². The van der Waals surface area contributed by atoms with E-state index in [1.54, 1.807) is 44.3 Å². The summed E-state index contributed by atoms with van der Waals surface area (Å²) in [5.74, 6) is 0.577. The van der Waals surface area contributed by atoms with Crippen LogP contribution in [0.4, 0.5) is 5.82 Å². The van der Waals surface area contributed by atoms with Crippen LogP contribution in [0.15, 0.2) is 78.3 Å². The zero-order valence-electron chi connectivity index (χ0n) is 15.4. The molecule has 2 aromatic heterocycles. The number of rotatable bonds is 5. The normalized spacial score (nSPS) is 12.0. The predicted octanol–water partition coefficient (Wildman–Crippen LogP) is 4.53. The highest BCUT2D eigenvalue weighted by atomic mass is 35.5. The topological polar surface area (TPSA) is 116 Å². The molecule has 1 atom stereocenters. The quantitative estimate of drug-likeness (QED) is 0.330. The van der Waals surface area contributed by atoms with Gasteiger partial charge in [-0.05, 0) is 44.2 Å².